The molecule has 0 radical (unpaired) electrons. The van der Waals surface area contributed by atoms with Gasteiger partial charge in [-0.2, -0.15) is 0 Å². The lowest BCUT2D eigenvalue weighted by Gasteiger charge is -2.10. The molecule has 2 heteroatoms. The third kappa shape index (κ3) is 2.03. The number of nitrogens with zero attached hydrogens (tertiary/aromatic N) is 2. The molecule has 1 aromatic heterocycles. The molecule has 22 heavy (non-hydrogen) atoms. The van der Waals surface area contributed by atoms with E-state index >= 15 is 0 Å². The molecule has 0 atom stereocenters. The fourth-order valence-electron chi connectivity index (χ4n) is 3.14. The number of hydrogen-bond acceptors (Lipinski definition) is 2. The summed E-state index contributed by atoms with van der Waals surface area (Å²) >= 11 is 0. The molecule has 0 fully saturated rings. The maximum absolute atomic E-state index is 4.93. The summed E-state index contributed by atoms with van der Waals surface area (Å²) in [6.07, 6.45) is 5.28. The third-order valence-electron chi connectivity index (χ3n) is 4.26. The molecule has 108 valence electrons. The van der Waals surface area contributed by atoms with Gasteiger partial charge in [0.05, 0.1) is 16.7 Å². The van der Waals surface area contributed by atoms with Gasteiger partial charge in [-0.3, -0.25) is 4.98 Å². The van der Waals surface area contributed by atoms with Crippen LogP contribution in [0.3, 0.4) is 0 Å². The van der Waals surface area contributed by atoms with Gasteiger partial charge in [0.1, 0.15) is 0 Å². The number of hydrogen-bond donors (Lipinski definition) is 0. The molecule has 1 heterocycles. The van der Waals surface area contributed by atoms with E-state index in [-0.39, 0.29) is 0 Å². The van der Waals surface area contributed by atoms with Crippen molar-refractivity contribution in [2.24, 2.45) is 0 Å². The maximum atomic E-state index is 4.93. The normalized spacial score (nSPS) is 11.5. The molecule has 4 aromatic rings. The summed E-state index contributed by atoms with van der Waals surface area (Å²) in [6.45, 7) is 2.21. The van der Waals surface area contributed by atoms with Gasteiger partial charge in [0.25, 0.3) is 0 Å². The minimum Gasteiger partial charge on any atom is -0.252 e. The zero-order chi connectivity index (χ0) is 14.9. The second-order valence-electron chi connectivity index (χ2n) is 5.75. The summed E-state index contributed by atoms with van der Waals surface area (Å²) in [5.74, 6) is 0. The Kier molecular flexibility index (Phi) is 3.23. The van der Waals surface area contributed by atoms with Crippen LogP contribution >= 0.6 is 0 Å². The number of aryl methyl sites for hydroxylation is 1. The Morgan fingerprint density at radius 3 is 2.00 bits per heavy atom. The summed E-state index contributed by atoms with van der Waals surface area (Å²) in [6, 6.07) is 17.0. The average Bonchev–Trinajstić information content (AvgIpc) is 2.60. The monoisotopic (exact) mass is 286 g/mol. The Bertz CT molecular complexity index is 938. The van der Waals surface area contributed by atoms with Gasteiger partial charge in [0, 0.05) is 17.0 Å². The van der Waals surface area contributed by atoms with Gasteiger partial charge in [-0.1, -0.05) is 61.9 Å². The minimum absolute atomic E-state index is 1.00. The first-order valence-corrected chi connectivity index (χ1v) is 7.93. The molecule has 0 aliphatic carbocycles. The fraction of sp³-hybridized carbons (Fsp3) is 0.200. The highest BCUT2D eigenvalue weighted by Crippen LogP contribution is 2.32. The number of unbranched alkanes of at least 4 members (excludes halogenated alkanes) is 1. The lowest BCUT2D eigenvalue weighted by molar-refractivity contribution is 0.776. The molecule has 3 aromatic carbocycles. The van der Waals surface area contributed by atoms with Gasteiger partial charge in [0.15, 0.2) is 0 Å². The van der Waals surface area contributed by atoms with Crippen molar-refractivity contribution in [2.45, 2.75) is 26.2 Å². The molecule has 0 aliphatic heterocycles. The smallest absolute Gasteiger partial charge is 0.0975 e. The van der Waals surface area contributed by atoms with E-state index in [9.17, 15) is 0 Å². The zero-order valence-corrected chi connectivity index (χ0v) is 12.7. The molecule has 0 amide bonds. The molecule has 0 saturated heterocycles. The van der Waals surface area contributed by atoms with Crippen molar-refractivity contribution in [1.29, 1.82) is 0 Å². The molecular weight excluding hydrogens is 268 g/mol. The Labute approximate surface area is 129 Å². The van der Waals surface area contributed by atoms with E-state index in [0.717, 1.165) is 29.6 Å². The summed E-state index contributed by atoms with van der Waals surface area (Å²) in [4.78, 5) is 9.68. The molecule has 0 bridgehead atoms. The van der Waals surface area contributed by atoms with E-state index in [1.165, 1.54) is 28.0 Å². The first-order valence-electron chi connectivity index (χ1n) is 7.93. The van der Waals surface area contributed by atoms with Crippen molar-refractivity contribution in [3.05, 3.63) is 60.4 Å². The predicted octanol–water partition coefficient (Wildman–Crippen LogP) is 5.28. The Hall–Kier alpha value is -2.48. The summed E-state index contributed by atoms with van der Waals surface area (Å²) in [7, 11) is 0. The topological polar surface area (TPSA) is 25.8 Å². The molecule has 0 aliphatic rings. The summed E-state index contributed by atoms with van der Waals surface area (Å²) < 4.78 is 0. The maximum Gasteiger partial charge on any atom is 0.0975 e. The Balaban J connectivity index is 2.12. The molecule has 4 rings (SSSR count). The fourth-order valence-corrected chi connectivity index (χ4v) is 3.14. The van der Waals surface area contributed by atoms with Crippen LogP contribution in [0.15, 0.2) is 54.7 Å². The van der Waals surface area contributed by atoms with Crippen LogP contribution in [0.5, 0.6) is 0 Å². The Morgan fingerprint density at radius 2 is 1.36 bits per heavy atom. The van der Waals surface area contributed by atoms with Gasteiger partial charge in [-0.15, -0.1) is 0 Å². The van der Waals surface area contributed by atoms with E-state index in [0.29, 0.717) is 0 Å². The van der Waals surface area contributed by atoms with Gasteiger partial charge in [-0.25, -0.2) is 4.98 Å². The van der Waals surface area contributed by atoms with E-state index in [2.05, 4.69) is 55.5 Å². The highest BCUT2D eigenvalue weighted by molar-refractivity contribution is 6.22. The molecule has 0 saturated carbocycles. The van der Waals surface area contributed by atoms with E-state index < -0.39 is 0 Å². The van der Waals surface area contributed by atoms with Crippen molar-refractivity contribution in [1.82, 2.24) is 9.97 Å². The van der Waals surface area contributed by atoms with Gasteiger partial charge in [0.2, 0.25) is 0 Å². The summed E-state index contributed by atoms with van der Waals surface area (Å²) in [5.41, 5.74) is 3.13. The van der Waals surface area contributed by atoms with Crippen LogP contribution in [-0.4, -0.2) is 9.97 Å². The lowest BCUT2D eigenvalue weighted by atomic mass is 9.99. The van der Waals surface area contributed by atoms with Crippen LogP contribution in [0.25, 0.3) is 32.6 Å². The van der Waals surface area contributed by atoms with E-state index in [1.54, 1.807) is 0 Å². The van der Waals surface area contributed by atoms with E-state index in [4.69, 9.17) is 9.97 Å². The third-order valence-corrected chi connectivity index (χ3v) is 4.26. The van der Waals surface area contributed by atoms with Crippen molar-refractivity contribution >= 4 is 32.6 Å². The van der Waals surface area contributed by atoms with Gasteiger partial charge in [-0.05, 0) is 23.6 Å². The SMILES string of the molecule is CCCCc1cnc2c3ccccc3c3ccccc3c2n1. The van der Waals surface area contributed by atoms with Crippen molar-refractivity contribution in [2.75, 3.05) is 0 Å². The molecular formula is C20H18N2. The highest BCUT2D eigenvalue weighted by Gasteiger charge is 2.10. The molecule has 2 nitrogen and oxygen atoms in total. The van der Waals surface area contributed by atoms with Crippen molar-refractivity contribution < 1.29 is 0 Å². The zero-order valence-electron chi connectivity index (χ0n) is 12.7. The van der Waals surface area contributed by atoms with Crippen LogP contribution in [0, 0.1) is 0 Å². The number of aromatic nitrogens is 2. The van der Waals surface area contributed by atoms with Crippen molar-refractivity contribution in [3.8, 4) is 0 Å². The lowest BCUT2D eigenvalue weighted by Crippen LogP contribution is -1.95. The van der Waals surface area contributed by atoms with Crippen LogP contribution in [-0.2, 0) is 6.42 Å². The second-order valence-corrected chi connectivity index (χ2v) is 5.75. The molecule has 0 unspecified atom stereocenters. The molecule has 0 spiro atoms. The predicted molar refractivity (Wildman–Crippen MR) is 93.2 cm³/mol. The number of benzene rings is 3. The minimum atomic E-state index is 1.00. The number of rotatable bonds is 3. The first kappa shape index (κ1) is 13.2. The quantitative estimate of drug-likeness (QED) is 0.479. The van der Waals surface area contributed by atoms with Gasteiger partial charge >= 0.3 is 0 Å². The van der Waals surface area contributed by atoms with Crippen molar-refractivity contribution in [3.63, 3.8) is 0 Å². The van der Waals surface area contributed by atoms with Crippen LogP contribution < -0.4 is 0 Å². The van der Waals surface area contributed by atoms with Gasteiger partial charge < -0.3 is 0 Å². The largest absolute Gasteiger partial charge is 0.252 e. The second kappa shape index (κ2) is 5.38. The molecule has 0 N–H and O–H groups in total. The first-order chi connectivity index (χ1) is 10.9. The van der Waals surface area contributed by atoms with E-state index in [1.807, 2.05) is 6.20 Å². The van der Waals surface area contributed by atoms with Crippen LogP contribution in [0.2, 0.25) is 0 Å². The summed E-state index contributed by atoms with van der Waals surface area (Å²) in [5, 5.41) is 4.89. The average molecular weight is 286 g/mol. The van der Waals surface area contributed by atoms with Crippen LogP contribution in [0.4, 0.5) is 0 Å². The highest BCUT2D eigenvalue weighted by atomic mass is 14.8. The van der Waals surface area contributed by atoms with Crippen LogP contribution in [0.1, 0.15) is 25.5 Å². The number of fused-ring (bicyclic) bond motifs is 6. The standard InChI is InChI=1S/C20H18N2/c1-2-3-8-14-13-21-19-17-11-6-4-9-15(17)16-10-5-7-12-18(16)20(19)22-14/h4-7,9-13H,2-3,8H2,1H3. The Morgan fingerprint density at radius 1 is 0.773 bits per heavy atom.